The average molecular weight is 411 g/mol. The number of carbonyl (C=O) groups excluding carboxylic acids is 1. The molecule has 2 aromatic carbocycles. The fourth-order valence-electron chi connectivity index (χ4n) is 2.95. The fourth-order valence-corrected chi connectivity index (χ4v) is 2.95. The topological polar surface area (TPSA) is 86.9 Å². The lowest BCUT2D eigenvalue weighted by molar-refractivity contribution is 0.0667. The molecule has 3 aromatic rings. The summed E-state index contributed by atoms with van der Waals surface area (Å²) in [6, 6.07) is 12.3. The van der Waals surface area contributed by atoms with E-state index in [1.807, 2.05) is 38.1 Å². The zero-order valence-electron chi connectivity index (χ0n) is 17.7. The number of hydrogen-bond donors (Lipinski definition) is 0. The molecule has 3 rings (SSSR count). The standard InChI is InChI=1S/C22H25N3O5/c1-14(2)25(22(26)16-8-11-18(28-4)19(12-16)29-5)13-20-23-21(24-30-20)15-6-9-17(27-3)10-7-15/h6-12,14H,13H2,1-5H3. The number of amides is 1. The molecule has 0 spiro atoms. The summed E-state index contributed by atoms with van der Waals surface area (Å²) in [6.07, 6.45) is 0. The Morgan fingerprint density at radius 3 is 2.30 bits per heavy atom. The van der Waals surface area contributed by atoms with Crippen molar-refractivity contribution in [1.29, 1.82) is 0 Å². The molecule has 0 aliphatic heterocycles. The Labute approximate surface area is 175 Å². The minimum atomic E-state index is -0.171. The van der Waals surface area contributed by atoms with Crippen molar-refractivity contribution in [3.05, 3.63) is 53.9 Å². The van der Waals surface area contributed by atoms with Crippen LogP contribution >= 0.6 is 0 Å². The summed E-state index contributed by atoms with van der Waals surface area (Å²) in [4.78, 5) is 19.2. The van der Waals surface area contributed by atoms with Crippen LogP contribution in [-0.2, 0) is 6.54 Å². The van der Waals surface area contributed by atoms with Gasteiger partial charge >= 0.3 is 0 Å². The highest BCUT2D eigenvalue weighted by Crippen LogP contribution is 2.28. The van der Waals surface area contributed by atoms with E-state index in [1.165, 1.54) is 7.11 Å². The predicted molar refractivity (Wildman–Crippen MR) is 111 cm³/mol. The van der Waals surface area contributed by atoms with Gasteiger partial charge in [-0.3, -0.25) is 4.79 Å². The van der Waals surface area contributed by atoms with E-state index >= 15 is 0 Å². The monoisotopic (exact) mass is 411 g/mol. The summed E-state index contributed by atoms with van der Waals surface area (Å²) in [5, 5.41) is 4.04. The molecule has 1 aromatic heterocycles. The van der Waals surface area contributed by atoms with Crippen LogP contribution in [0.3, 0.4) is 0 Å². The number of hydrogen-bond acceptors (Lipinski definition) is 7. The zero-order chi connectivity index (χ0) is 21.7. The van der Waals surface area contributed by atoms with Crippen LogP contribution in [0.5, 0.6) is 17.2 Å². The lowest BCUT2D eigenvalue weighted by atomic mass is 10.1. The van der Waals surface area contributed by atoms with Crippen molar-refractivity contribution in [3.8, 4) is 28.6 Å². The number of ether oxygens (including phenoxy) is 3. The first-order chi connectivity index (χ1) is 14.5. The maximum Gasteiger partial charge on any atom is 0.254 e. The maximum absolute atomic E-state index is 13.1. The average Bonchev–Trinajstić information content (AvgIpc) is 3.25. The van der Waals surface area contributed by atoms with Crippen LogP contribution in [-0.4, -0.2) is 48.3 Å². The molecule has 0 N–H and O–H groups in total. The number of rotatable bonds is 8. The molecule has 0 fully saturated rings. The Bertz CT molecular complexity index is 998. The van der Waals surface area contributed by atoms with Gasteiger partial charge in [0, 0.05) is 17.2 Å². The summed E-state index contributed by atoms with van der Waals surface area (Å²) in [6.45, 7) is 4.05. The molecule has 0 unspecified atom stereocenters. The largest absolute Gasteiger partial charge is 0.497 e. The van der Waals surface area contributed by atoms with E-state index in [0.29, 0.717) is 28.8 Å². The van der Waals surface area contributed by atoms with Crippen molar-refractivity contribution in [3.63, 3.8) is 0 Å². The zero-order valence-corrected chi connectivity index (χ0v) is 17.7. The molecular weight excluding hydrogens is 386 g/mol. The van der Waals surface area contributed by atoms with Gasteiger partial charge < -0.3 is 23.6 Å². The van der Waals surface area contributed by atoms with Gasteiger partial charge in [-0.15, -0.1) is 0 Å². The molecule has 0 saturated carbocycles. The quantitative estimate of drug-likeness (QED) is 0.557. The van der Waals surface area contributed by atoms with Crippen molar-refractivity contribution in [1.82, 2.24) is 15.0 Å². The third-order valence-corrected chi connectivity index (χ3v) is 4.64. The van der Waals surface area contributed by atoms with Gasteiger partial charge in [0.25, 0.3) is 5.91 Å². The van der Waals surface area contributed by atoms with Crippen LogP contribution in [0, 0.1) is 0 Å². The third kappa shape index (κ3) is 4.53. The van der Waals surface area contributed by atoms with Crippen LogP contribution in [0.15, 0.2) is 47.0 Å². The second-order valence-electron chi connectivity index (χ2n) is 6.84. The Balaban J connectivity index is 1.80. The van der Waals surface area contributed by atoms with Gasteiger partial charge in [0.2, 0.25) is 11.7 Å². The number of benzene rings is 2. The lowest BCUT2D eigenvalue weighted by Gasteiger charge is -2.25. The van der Waals surface area contributed by atoms with Crippen molar-refractivity contribution in [2.24, 2.45) is 0 Å². The minimum absolute atomic E-state index is 0.0815. The van der Waals surface area contributed by atoms with Crippen LogP contribution < -0.4 is 14.2 Å². The molecule has 0 bridgehead atoms. The Morgan fingerprint density at radius 2 is 1.70 bits per heavy atom. The molecule has 0 aliphatic rings. The Hall–Kier alpha value is -3.55. The van der Waals surface area contributed by atoms with Crippen molar-refractivity contribution < 1.29 is 23.5 Å². The van der Waals surface area contributed by atoms with Crippen molar-refractivity contribution in [2.45, 2.75) is 26.4 Å². The molecule has 158 valence electrons. The molecular formula is C22H25N3O5. The highest BCUT2D eigenvalue weighted by Gasteiger charge is 2.23. The van der Waals surface area contributed by atoms with Crippen LogP contribution in [0.25, 0.3) is 11.4 Å². The van der Waals surface area contributed by atoms with Gasteiger partial charge in [-0.25, -0.2) is 0 Å². The summed E-state index contributed by atoms with van der Waals surface area (Å²) < 4.78 is 21.1. The predicted octanol–water partition coefficient (Wildman–Crippen LogP) is 3.81. The molecule has 1 heterocycles. The van der Waals surface area contributed by atoms with Gasteiger partial charge in [0.05, 0.1) is 21.3 Å². The highest BCUT2D eigenvalue weighted by atomic mass is 16.5. The number of methoxy groups -OCH3 is 3. The Kier molecular flexibility index (Phi) is 6.56. The van der Waals surface area contributed by atoms with Gasteiger partial charge in [-0.1, -0.05) is 5.16 Å². The second-order valence-corrected chi connectivity index (χ2v) is 6.84. The van der Waals surface area contributed by atoms with Gasteiger partial charge in [-0.05, 0) is 56.3 Å². The molecule has 0 atom stereocenters. The van der Waals surface area contributed by atoms with E-state index in [1.54, 1.807) is 37.3 Å². The minimum Gasteiger partial charge on any atom is -0.497 e. The van der Waals surface area contributed by atoms with Crippen molar-refractivity contribution >= 4 is 5.91 Å². The summed E-state index contributed by atoms with van der Waals surface area (Å²) >= 11 is 0. The van der Waals surface area contributed by atoms with E-state index in [-0.39, 0.29) is 18.5 Å². The molecule has 8 nitrogen and oxygen atoms in total. The summed E-state index contributed by atoms with van der Waals surface area (Å²) in [5.41, 5.74) is 1.28. The highest BCUT2D eigenvalue weighted by molar-refractivity contribution is 5.95. The molecule has 30 heavy (non-hydrogen) atoms. The molecule has 8 heteroatoms. The number of carbonyl (C=O) groups is 1. The maximum atomic E-state index is 13.1. The fraction of sp³-hybridized carbons (Fsp3) is 0.318. The summed E-state index contributed by atoms with van der Waals surface area (Å²) in [5.74, 6) is 2.43. The van der Waals surface area contributed by atoms with Gasteiger partial charge in [0.1, 0.15) is 12.3 Å². The normalized spacial score (nSPS) is 10.7. The number of nitrogens with zero attached hydrogens (tertiary/aromatic N) is 3. The van der Waals surface area contributed by atoms with Crippen LogP contribution in [0.2, 0.25) is 0 Å². The van der Waals surface area contributed by atoms with Gasteiger partial charge in [0.15, 0.2) is 11.5 Å². The first-order valence-electron chi connectivity index (χ1n) is 9.46. The van der Waals surface area contributed by atoms with E-state index < -0.39 is 0 Å². The van der Waals surface area contributed by atoms with Crippen LogP contribution in [0.4, 0.5) is 0 Å². The SMILES string of the molecule is COc1ccc(-c2noc(CN(C(=O)c3ccc(OC)c(OC)c3)C(C)C)n2)cc1. The van der Waals surface area contributed by atoms with E-state index in [0.717, 1.165) is 11.3 Å². The second kappa shape index (κ2) is 9.30. The van der Waals surface area contributed by atoms with Crippen LogP contribution in [0.1, 0.15) is 30.1 Å². The number of aromatic nitrogens is 2. The molecule has 1 amide bonds. The smallest absolute Gasteiger partial charge is 0.254 e. The van der Waals surface area contributed by atoms with Crippen molar-refractivity contribution in [2.75, 3.05) is 21.3 Å². The lowest BCUT2D eigenvalue weighted by Crippen LogP contribution is -2.36. The molecule has 0 radical (unpaired) electrons. The molecule has 0 aliphatic carbocycles. The third-order valence-electron chi connectivity index (χ3n) is 4.64. The molecule has 0 saturated heterocycles. The Morgan fingerprint density at radius 1 is 1.00 bits per heavy atom. The first-order valence-corrected chi connectivity index (χ1v) is 9.46. The van der Waals surface area contributed by atoms with E-state index in [9.17, 15) is 4.79 Å². The summed E-state index contributed by atoms with van der Waals surface area (Å²) in [7, 11) is 4.69. The first kappa shape index (κ1) is 21.2. The van der Waals surface area contributed by atoms with E-state index in [2.05, 4.69) is 10.1 Å². The van der Waals surface area contributed by atoms with E-state index in [4.69, 9.17) is 18.7 Å². The van der Waals surface area contributed by atoms with Gasteiger partial charge in [-0.2, -0.15) is 4.98 Å².